The van der Waals surface area contributed by atoms with Crippen LogP contribution in [-0.4, -0.2) is 22.4 Å². The molecule has 0 saturated carbocycles. The molecule has 21 heavy (non-hydrogen) atoms. The van der Waals surface area contributed by atoms with Gasteiger partial charge in [-0.05, 0) is 62.1 Å². The Morgan fingerprint density at radius 2 is 1.71 bits per heavy atom. The zero-order valence-electron chi connectivity index (χ0n) is 12.5. The SMILES string of the molecule is Cc1cc(Oc2ccccc2)ccc1CCC(O)C(C)O. The van der Waals surface area contributed by atoms with Gasteiger partial charge in [-0.25, -0.2) is 0 Å². The molecule has 2 aromatic carbocycles. The van der Waals surface area contributed by atoms with Crippen molar-refractivity contribution in [1.29, 1.82) is 0 Å². The van der Waals surface area contributed by atoms with E-state index in [0.717, 1.165) is 29.0 Å². The zero-order chi connectivity index (χ0) is 15.2. The van der Waals surface area contributed by atoms with Gasteiger partial charge in [0.25, 0.3) is 0 Å². The van der Waals surface area contributed by atoms with Crippen molar-refractivity contribution in [3.8, 4) is 11.5 Å². The van der Waals surface area contributed by atoms with E-state index in [9.17, 15) is 10.2 Å². The lowest BCUT2D eigenvalue weighted by molar-refractivity contribution is 0.0265. The molecule has 2 N–H and O–H groups in total. The highest BCUT2D eigenvalue weighted by atomic mass is 16.5. The van der Waals surface area contributed by atoms with Crippen molar-refractivity contribution in [3.63, 3.8) is 0 Å². The van der Waals surface area contributed by atoms with Crippen molar-refractivity contribution >= 4 is 0 Å². The molecule has 2 rings (SSSR count). The van der Waals surface area contributed by atoms with Crippen molar-refractivity contribution in [2.75, 3.05) is 0 Å². The average molecular weight is 286 g/mol. The lowest BCUT2D eigenvalue weighted by Crippen LogP contribution is -2.22. The molecule has 0 aromatic heterocycles. The van der Waals surface area contributed by atoms with E-state index < -0.39 is 12.2 Å². The second-order valence-electron chi connectivity index (χ2n) is 5.35. The summed E-state index contributed by atoms with van der Waals surface area (Å²) >= 11 is 0. The third kappa shape index (κ3) is 4.59. The number of hydrogen-bond acceptors (Lipinski definition) is 3. The number of hydrogen-bond donors (Lipinski definition) is 2. The number of rotatable bonds is 6. The minimum Gasteiger partial charge on any atom is -0.457 e. The molecule has 0 aliphatic heterocycles. The van der Waals surface area contributed by atoms with Crippen molar-refractivity contribution < 1.29 is 14.9 Å². The first-order valence-electron chi connectivity index (χ1n) is 7.25. The number of benzene rings is 2. The Kier molecular flexibility index (Phi) is 5.37. The van der Waals surface area contributed by atoms with E-state index in [1.807, 2.05) is 55.5 Å². The van der Waals surface area contributed by atoms with E-state index >= 15 is 0 Å². The summed E-state index contributed by atoms with van der Waals surface area (Å²) < 4.78 is 5.79. The minimum absolute atomic E-state index is 0.553. The lowest BCUT2D eigenvalue weighted by Gasteiger charge is -2.15. The molecular weight excluding hydrogens is 264 g/mol. The molecule has 3 heteroatoms. The summed E-state index contributed by atoms with van der Waals surface area (Å²) in [5, 5.41) is 19.0. The summed E-state index contributed by atoms with van der Waals surface area (Å²) in [6.45, 7) is 3.64. The molecule has 0 amide bonds. The summed E-state index contributed by atoms with van der Waals surface area (Å²) in [6, 6.07) is 15.6. The van der Waals surface area contributed by atoms with E-state index in [1.54, 1.807) is 6.92 Å². The normalized spacial score (nSPS) is 13.7. The summed E-state index contributed by atoms with van der Waals surface area (Å²) in [5.41, 5.74) is 2.29. The number of para-hydroxylation sites is 1. The van der Waals surface area contributed by atoms with Gasteiger partial charge < -0.3 is 14.9 Å². The number of aryl methyl sites for hydroxylation is 2. The van der Waals surface area contributed by atoms with Crippen LogP contribution in [0.2, 0.25) is 0 Å². The first-order chi connectivity index (χ1) is 10.1. The highest BCUT2D eigenvalue weighted by Gasteiger charge is 2.11. The standard InChI is InChI=1S/C18H22O3/c1-13-12-17(21-16-6-4-3-5-7-16)10-8-15(13)9-11-18(20)14(2)19/h3-8,10,12,14,18-20H,9,11H2,1-2H3. The molecule has 112 valence electrons. The maximum atomic E-state index is 9.65. The van der Waals surface area contributed by atoms with Crippen LogP contribution in [0.5, 0.6) is 11.5 Å². The maximum absolute atomic E-state index is 9.65. The monoisotopic (exact) mass is 286 g/mol. The Hall–Kier alpha value is -1.84. The van der Waals surface area contributed by atoms with Crippen LogP contribution in [0.15, 0.2) is 48.5 Å². The third-order valence-electron chi connectivity index (χ3n) is 3.56. The lowest BCUT2D eigenvalue weighted by atomic mass is 10.00. The Morgan fingerprint density at radius 1 is 1.00 bits per heavy atom. The molecule has 0 saturated heterocycles. The fourth-order valence-electron chi connectivity index (χ4n) is 2.18. The fourth-order valence-corrected chi connectivity index (χ4v) is 2.18. The predicted octanol–water partition coefficient (Wildman–Crippen LogP) is 3.46. The van der Waals surface area contributed by atoms with E-state index in [0.29, 0.717) is 6.42 Å². The second-order valence-corrected chi connectivity index (χ2v) is 5.35. The average Bonchev–Trinajstić information content (AvgIpc) is 2.47. The van der Waals surface area contributed by atoms with Gasteiger partial charge in [-0.2, -0.15) is 0 Å². The van der Waals surface area contributed by atoms with Crippen LogP contribution in [0.1, 0.15) is 24.5 Å². The first kappa shape index (κ1) is 15.5. The molecular formula is C18H22O3. The van der Waals surface area contributed by atoms with Gasteiger partial charge in [-0.15, -0.1) is 0 Å². The molecule has 0 aliphatic carbocycles. The molecule has 2 unspecified atom stereocenters. The minimum atomic E-state index is -0.689. The van der Waals surface area contributed by atoms with Crippen molar-refractivity contribution in [2.45, 2.75) is 38.9 Å². The first-order valence-corrected chi connectivity index (χ1v) is 7.25. The van der Waals surface area contributed by atoms with Crippen LogP contribution in [0.4, 0.5) is 0 Å². The second kappa shape index (κ2) is 7.25. The molecule has 2 atom stereocenters. The van der Waals surface area contributed by atoms with E-state index in [2.05, 4.69) is 0 Å². The maximum Gasteiger partial charge on any atom is 0.127 e. The Labute approximate surface area is 125 Å². The van der Waals surface area contributed by atoms with Crippen LogP contribution in [0.25, 0.3) is 0 Å². The van der Waals surface area contributed by atoms with Crippen LogP contribution < -0.4 is 4.74 Å². The zero-order valence-corrected chi connectivity index (χ0v) is 12.5. The third-order valence-corrected chi connectivity index (χ3v) is 3.56. The number of ether oxygens (including phenoxy) is 1. The van der Waals surface area contributed by atoms with Crippen LogP contribution in [0, 0.1) is 6.92 Å². The molecule has 2 aromatic rings. The molecule has 0 radical (unpaired) electrons. The molecule has 0 bridgehead atoms. The van der Waals surface area contributed by atoms with Gasteiger partial charge in [0.15, 0.2) is 0 Å². The Morgan fingerprint density at radius 3 is 2.33 bits per heavy atom. The smallest absolute Gasteiger partial charge is 0.127 e. The van der Waals surface area contributed by atoms with Gasteiger partial charge in [-0.1, -0.05) is 24.3 Å². The van der Waals surface area contributed by atoms with Gasteiger partial charge in [0, 0.05) is 0 Å². The van der Waals surface area contributed by atoms with Gasteiger partial charge in [-0.3, -0.25) is 0 Å². The van der Waals surface area contributed by atoms with Gasteiger partial charge >= 0.3 is 0 Å². The van der Waals surface area contributed by atoms with E-state index in [1.165, 1.54) is 0 Å². The van der Waals surface area contributed by atoms with Crippen molar-refractivity contribution in [3.05, 3.63) is 59.7 Å². The van der Waals surface area contributed by atoms with E-state index in [4.69, 9.17) is 4.74 Å². The molecule has 0 heterocycles. The molecule has 3 nitrogen and oxygen atoms in total. The van der Waals surface area contributed by atoms with Gasteiger partial charge in [0.05, 0.1) is 12.2 Å². The van der Waals surface area contributed by atoms with Gasteiger partial charge in [0.1, 0.15) is 11.5 Å². The summed E-state index contributed by atoms with van der Waals surface area (Å²) in [5.74, 6) is 1.62. The van der Waals surface area contributed by atoms with Gasteiger partial charge in [0.2, 0.25) is 0 Å². The number of aliphatic hydroxyl groups is 2. The summed E-state index contributed by atoms with van der Waals surface area (Å²) in [4.78, 5) is 0. The van der Waals surface area contributed by atoms with E-state index in [-0.39, 0.29) is 0 Å². The predicted molar refractivity (Wildman–Crippen MR) is 83.7 cm³/mol. The summed E-state index contributed by atoms with van der Waals surface area (Å²) in [6.07, 6.45) is -0.0726. The topological polar surface area (TPSA) is 49.7 Å². The Bertz CT molecular complexity index is 564. The summed E-state index contributed by atoms with van der Waals surface area (Å²) in [7, 11) is 0. The quantitative estimate of drug-likeness (QED) is 0.855. The van der Waals surface area contributed by atoms with Crippen LogP contribution in [0.3, 0.4) is 0 Å². The van der Waals surface area contributed by atoms with Crippen molar-refractivity contribution in [2.24, 2.45) is 0 Å². The highest BCUT2D eigenvalue weighted by Crippen LogP contribution is 2.24. The number of aliphatic hydroxyl groups excluding tert-OH is 2. The molecule has 0 fully saturated rings. The fraction of sp³-hybridized carbons (Fsp3) is 0.333. The highest BCUT2D eigenvalue weighted by molar-refractivity contribution is 5.37. The molecule has 0 spiro atoms. The van der Waals surface area contributed by atoms with Crippen molar-refractivity contribution in [1.82, 2.24) is 0 Å². The largest absolute Gasteiger partial charge is 0.457 e. The van der Waals surface area contributed by atoms with Crippen LogP contribution in [-0.2, 0) is 6.42 Å². The van der Waals surface area contributed by atoms with Crippen LogP contribution >= 0.6 is 0 Å². The molecule has 0 aliphatic rings. The Balaban J connectivity index is 2.00.